The van der Waals surface area contributed by atoms with Gasteiger partial charge in [0.25, 0.3) is 5.67 Å². The Morgan fingerprint density at radius 2 is 1.77 bits per heavy atom. The summed E-state index contributed by atoms with van der Waals surface area (Å²) in [5.41, 5.74) is -6.15. The third-order valence-electron chi connectivity index (χ3n) is 12.0. The van der Waals surface area contributed by atoms with Gasteiger partial charge in [-0.15, -0.1) is 0 Å². The van der Waals surface area contributed by atoms with Gasteiger partial charge in [-0.1, -0.05) is 27.7 Å². The predicted octanol–water partition coefficient (Wildman–Crippen LogP) is 3.76. The fourth-order valence-corrected chi connectivity index (χ4v) is 8.78. The fraction of sp³-hybridized carbons (Fsp3) is 0.816. The van der Waals surface area contributed by atoms with Crippen molar-refractivity contribution in [2.24, 2.45) is 17.8 Å². The molecule has 1 aromatic rings. The summed E-state index contributed by atoms with van der Waals surface area (Å²) in [5, 5.41) is 14.9. The first-order chi connectivity index (χ1) is 24.9. The number of carbonyl (C=O) groups excluding carboxylic acids is 4. The zero-order chi connectivity index (χ0) is 39.0. The van der Waals surface area contributed by atoms with E-state index in [1.165, 1.54) is 18.9 Å². The lowest BCUT2D eigenvalue weighted by Crippen LogP contribution is -2.62. The van der Waals surface area contributed by atoms with Crippen molar-refractivity contribution in [3.05, 3.63) is 18.7 Å². The highest BCUT2D eigenvalue weighted by Crippen LogP contribution is 2.43. The number of methoxy groups -OCH3 is 1. The van der Waals surface area contributed by atoms with Gasteiger partial charge in [-0.3, -0.25) is 9.59 Å². The van der Waals surface area contributed by atoms with Gasteiger partial charge in [-0.25, -0.2) is 19.0 Å². The number of rotatable bonds is 10. The van der Waals surface area contributed by atoms with Gasteiger partial charge in [0.15, 0.2) is 17.7 Å². The predicted molar refractivity (Wildman–Crippen MR) is 189 cm³/mol. The lowest BCUT2D eigenvalue weighted by molar-refractivity contribution is -0.290. The number of ether oxygens (including phenoxy) is 5. The van der Waals surface area contributed by atoms with E-state index in [1.54, 1.807) is 53.3 Å². The Kier molecular flexibility index (Phi) is 12.4. The van der Waals surface area contributed by atoms with Gasteiger partial charge in [-0.05, 0) is 66.2 Å². The third kappa shape index (κ3) is 8.34. The number of nitrogens with zero attached hydrogens (tertiary/aromatic N) is 3. The molecule has 1 amide bonds. The molecule has 3 saturated heterocycles. The molecule has 298 valence electrons. The van der Waals surface area contributed by atoms with Crippen molar-refractivity contribution < 1.29 is 52.4 Å². The van der Waals surface area contributed by atoms with Gasteiger partial charge >= 0.3 is 12.1 Å². The number of nitrogens with one attached hydrogen (secondary N) is 1. The number of alkyl halides is 1. The summed E-state index contributed by atoms with van der Waals surface area (Å²) in [6, 6.07) is -0.969. The molecule has 0 aromatic carbocycles. The van der Waals surface area contributed by atoms with E-state index in [4.69, 9.17) is 23.7 Å². The van der Waals surface area contributed by atoms with Crippen molar-refractivity contribution in [1.82, 2.24) is 19.8 Å². The maximum absolute atomic E-state index is 16.8. The second-order valence-corrected chi connectivity index (χ2v) is 16.3. The monoisotopic (exact) mass is 750 g/mol. The van der Waals surface area contributed by atoms with Crippen LogP contribution >= 0.6 is 0 Å². The summed E-state index contributed by atoms with van der Waals surface area (Å²) in [4.78, 5) is 61.7. The highest BCUT2D eigenvalue weighted by Gasteiger charge is 2.61. The zero-order valence-electron chi connectivity index (χ0n) is 32.6. The van der Waals surface area contributed by atoms with Crippen molar-refractivity contribution in [3.63, 3.8) is 0 Å². The number of hydrogen-bond donors (Lipinski definition) is 2. The molecule has 13 atom stereocenters. The zero-order valence-corrected chi connectivity index (χ0v) is 32.6. The molecule has 0 radical (unpaired) electrons. The number of hydrogen-bond acceptors (Lipinski definition) is 12. The first-order valence-corrected chi connectivity index (χ1v) is 19.1. The SMILES string of the molecule is CC[C@H]1OC(=O)[C@@](C)(F)C(=O)[C@H](C)[C@@H](O[C@@H]2O[C@H](C)C[C@H](NC3CC3)[C@@H]2O)[C@](C)(OC)C[C@@H](C)C(=O)[C@H](C)C2N(CCCn3ccnc3)C(=O)O[C@@]21C. The summed E-state index contributed by atoms with van der Waals surface area (Å²) in [6.07, 6.45) is 2.42. The van der Waals surface area contributed by atoms with E-state index < -0.39 is 83.1 Å². The largest absolute Gasteiger partial charge is 0.455 e. The maximum Gasteiger partial charge on any atom is 0.410 e. The number of carbonyl (C=O) groups is 4. The molecule has 1 unspecified atom stereocenters. The van der Waals surface area contributed by atoms with Crippen LogP contribution in [0.25, 0.3) is 0 Å². The molecule has 4 aliphatic rings. The van der Waals surface area contributed by atoms with E-state index in [0.29, 0.717) is 19.4 Å². The summed E-state index contributed by atoms with van der Waals surface area (Å²) in [7, 11) is 1.41. The molecule has 0 bridgehead atoms. The van der Waals surface area contributed by atoms with Crippen molar-refractivity contribution >= 4 is 23.6 Å². The third-order valence-corrected chi connectivity index (χ3v) is 12.0. The minimum atomic E-state index is -3.16. The van der Waals surface area contributed by atoms with E-state index in [0.717, 1.165) is 19.8 Å². The highest BCUT2D eigenvalue weighted by atomic mass is 19.1. The molecule has 15 heteroatoms. The number of aryl methyl sites for hydroxylation is 1. The van der Waals surface area contributed by atoms with Crippen LogP contribution in [-0.4, -0.2) is 123 Å². The second-order valence-electron chi connectivity index (χ2n) is 16.3. The summed E-state index contributed by atoms with van der Waals surface area (Å²) >= 11 is 0. The molecule has 4 heterocycles. The van der Waals surface area contributed by atoms with Crippen LogP contribution in [0.3, 0.4) is 0 Å². The minimum Gasteiger partial charge on any atom is -0.455 e. The summed E-state index contributed by atoms with van der Waals surface area (Å²) in [6.45, 7) is 13.3. The number of cyclic esters (lactones) is 1. The van der Waals surface area contributed by atoms with Crippen LogP contribution in [0.4, 0.5) is 9.18 Å². The van der Waals surface area contributed by atoms with E-state index in [-0.39, 0.29) is 43.4 Å². The maximum atomic E-state index is 16.8. The number of esters is 1. The van der Waals surface area contributed by atoms with Crippen LogP contribution in [0.15, 0.2) is 18.7 Å². The first-order valence-electron chi connectivity index (χ1n) is 19.1. The molecule has 1 aromatic heterocycles. The molecule has 1 saturated carbocycles. The number of fused-ring (bicyclic) bond motifs is 1. The second kappa shape index (κ2) is 16.0. The Hall–Kier alpha value is -2.98. The van der Waals surface area contributed by atoms with E-state index >= 15 is 4.39 Å². The summed E-state index contributed by atoms with van der Waals surface area (Å²) in [5.74, 6) is -5.70. The lowest BCUT2D eigenvalue weighted by Gasteiger charge is -2.46. The van der Waals surface area contributed by atoms with Gasteiger partial charge in [0.1, 0.15) is 18.0 Å². The van der Waals surface area contributed by atoms with Crippen LogP contribution in [0.1, 0.15) is 93.9 Å². The number of aliphatic hydroxyl groups is 1. The molecule has 2 N–H and O–H groups in total. The molecule has 1 aliphatic carbocycles. The van der Waals surface area contributed by atoms with Gasteiger partial charge in [0.2, 0.25) is 0 Å². The quantitative estimate of drug-likeness (QED) is 0.263. The van der Waals surface area contributed by atoms with Gasteiger partial charge in [-0.2, -0.15) is 0 Å². The molecule has 4 fully saturated rings. The van der Waals surface area contributed by atoms with E-state index in [1.807, 2.05) is 11.5 Å². The number of aliphatic hydroxyl groups excluding tert-OH is 1. The van der Waals surface area contributed by atoms with Crippen molar-refractivity contribution in [1.29, 1.82) is 0 Å². The Morgan fingerprint density at radius 1 is 1.08 bits per heavy atom. The van der Waals surface area contributed by atoms with Crippen LogP contribution in [0, 0.1) is 17.8 Å². The smallest absolute Gasteiger partial charge is 0.410 e. The van der Waals surface area contributed by atoms with Crippen molar-refractivity contribution in [2.45, 2.75) is 166 Å². The standard InChI is InChI=1S/C38H59FN4O10/c1-10-27-38(8)30(43(35(48)53-38)16-11-15-42-17-14-40-20-42)23(4)28(44)21(2)19-36(6,49-9)32(24(5)31(46)37(7,39)34(47)51-27)52-33-29(45)26(18-22(3)50-33)41-25-12-13-25/h14,17,20-27,29-30,32-33,41,45H,10-13,15-16,18-19H2,1-9H3/t21-,22-,23+,24+,26+,27-,29+,30?,32-,33+,36-,37+,38-/m1/s1. The fourth-order valence-electron chi connectivity index (χ4n) is 8.78. The lowest BCUT2D eigenvalue weighted by atomic mass is 9.73. The number of aromatic nitrogens is 2. The number of amides is 1. The molecule has 5 rings (SSSR count). The highest BCUT2D eigenvalue weighted by molar-refractivity contribution is 6.08. The number of imidazole rings is 1. The molecular weight excluding hydrogens is 691 g/mol. The Bertz CT molecular complexity index is 1470. The van der Waals surface area contributed by atoms with Crippen LogP contribution in [0.2, 0.25) is 0 Å². The minimum absolute atomic E-state index is 0.0145. The van der Waals surface area contributed by atoms with E-state index in [9.17, 15) is 24.3 Å². The average molecular weight is 751 g/mol. The summed E-state index contributed by atoms with van der Waals surface area (Å²) < 4.78 is 49.1. The Morgan fingerprint density at radius 3 is 2.38 bits per heavy atom. The van der Waals surface area contributed by atoms with Crippen molar-refractivity contribution in [2.75, 3.05) is 13.7 Å². The first kappa shape index (κ1) is 41.2. The molecule has 14 nitrogen and oxygen atoms in total. The Balaban J connectivity index is 1.52. The molecule has 0 spiro atoms. The van der Waals surface area contributed by atoms with Crippen LogP contribution in [-0.2, 0) is 44.6 Å². The average Bonchev–Trinajstić information content (AvgIpc) is 3.69. The van der Waals surface area contributed by atoms with E-state index in [2.05, 4.69) is 10.3 Å². The van der Waals surface area contributed by atoms with Gasteiger partial charge in [0.05, 0.1) is 30.2 Å². The van der Waals surface area contributed by atoms with Crippen molar-refractivity contribution in [3.8, 4) is 0 Å². The number of halogens is 1. The normalized spacial score (nSPS) is 41.8. The van der Waals surface area contributed by atoms with Crippen LogP contribution < -0.4 is 5.32 Å². The topological polar surface area (TPSA) is 168 Å². The van der Waals surface area contributed by atoms with Gasteiger partial charge in [0, 0.05) is 62.4 Å². The Labute approximate surface area is 311 Å². The molecule has 53 heavy (non-hydrogen) atoms. The van der Waals surface area contributed by atoms with Crippen LogP contribution in [0.5, 0.6) is 0 Å². The number of Topliss-reactive ketones (excluding diaryl/α,β-unsaturated/α-hetero) is 2. The molecular formula is C38H59FN4O10. The molecule has 3 aliphatic heterocycles. The number of ketones is 2. The van der Waals surface area contributed by atoms with Gasteiger partial charge < -0.3 is 43.6 Å².